The van der Waals surface area contributed by atoms with Crippen molar-refractivity contribution in [3.63, 3.8) is 0 Å². The van der Waals surface area contributed by atoms with E-state index in [1.54, 1.807) is 12.1 Å². The van der Waals surface area contributed by atoms with Gasteiger partial charge in [0.1, 0.15) is 12.4 Å². The van der Waals surface area contributed by atoms with Gasteiger partial charge in [0.05, 0.1) is 16.3 Å². The number of para-hydroxylation sites is 2. The largest absolute Gasteiger partial charge is 0.492 e. The van der Waals surface area contributed by atoms with Gasteiger partial charge in [0, 0.05) is 24.7 Å². The number of halogens is 2. The van der Waals surface area contributed by atoms with Gasteiger partial charge in [0.15, 0.2) is 0 Å². The minimum absolute atomic E-state index is 0. The summed E-state index contributed by atoms with van der Waals surface area (Å²) in [5.74, 6) is 0.800. The molecule has 0 atom stereocenters. The van der Waals surface area contributed by atoms with Crippen LogP contribution in [0, 0.1) is 6.92 Å². The topological polar surface area (TPSA) is 61.9 Å². The van der Waals surface area contributed by atoms with Gasteiger partial charge in [-0.05, 0) is 69.6 Å². The Morgan fingerprint density at radius 2 is 1.56 bits per heavy atom. The average Bonchev–Trinajstić information content (AvgIpc) is 2.79. The Morgan fingerprint density at radius 3 is 2.21 bits per heavy atom. The lowest BCUT2D eigenvalue weighted by Gasteiger charge is -2.28. The maximum absolute atomic E-state index is 13.6. The standard InChI is InChI=1S/C25H30ClN3O3S.ClH/c1-20-8-12-22(13-9-20)32-19-16-27-24-6-4-5-7-25(24)29(18-17-28(2)3)33(30,31)23-14-10-21(26)11-15-23;/h4-15,27H,16-19H2,1-3H3;1H. The van der Waals surface area contributed by atoms with Gasteiger partial charge in [0.2, 0.25) is 0 Å². The Labute approximate surface area is 214 Å². The Morgan fingerprint density at radius 1 is 0.912 bits per heavy atom. The molecule has 0 unspecified atom stereocenters. The van der Waals surface area contributed by atoms with E-state index >= 15 is 0 Å². The van der Waals surface area contributed by atoms with Crippen LogP contribution in [0.1, 0.15) is 5.56 Å². The first kappa shape index (κ1) is 27.8. The normalized spacial score (nSPS) is 11.1. The summed E-state index contributed by atoms with van der Waals surface area (Å²) in [6.07, 6.45) is 0. The SMILES string of the molecule is Cc1ccc(OCCNc2ccccc2N(CCN(C)C)S(=O)(=O)c2ccc(Cl)cc2)cc1.Cl. The fourth-order valence-corrected chi connectivity index (χ4v) is 4.83. The Bertz CT molecular complexity index is 1140. The minimum Gasteiger partial charge on any atom is -0.492 e. The van der Waals surface area contributed by atoms with E-state index in [9.17, 15) is 8.42 Å². The second-order valence-corrected chi connectivity index (χ2v) is 10.2. The highest BCUT2D eigenvalue weighted by Crippen LogP contribution is 2.31. The molecule has 3 aromatic carbocycles. The van der Waals surface area contributed by atoms with Crippen LogP contribution < -0.4 is 14.4 Å². The first-order chi connectivity index (χ1) is 15.8. The average molecular weight is 525 g/mol. The highest BCUT2D eigenvalue weighted by atomic mass is 35.5. The van der Waals surface area contributed by atoms with E-state index in [4.69, 9.17) is 16.3 Å². The molecule has 0 amide bonds. The number of nitrogens with zero attached hydrogens (tertiary/aromatic N) is 2. The molecule has 0 saturated carbocycles. The number of benzene rings is 3. The molecule has 0 fully saturated rings. The fourth-order valence-electron chi connectivity index (χ4n) is 3.22. The zero-order valence-electron chi connectivity index (χ0n) is 19.6. The summed E-state index contributed by atoms with van der Waals surface area (Å²) in [6, 6.07) is 21.5. The van der Waals surface area contributed by atoms with Crippen LogP contribution in [0.5, 0.6) is 5.75 Å². The molecular formula is C25H31Cl2N3O3S. The molecule has 0 bridgehead atoms. The van der Waals surface area contributed by atoms with Gasteiger partial charge < -0.3 is 15.0 Å². The van der Waals surface area contributed by atoms with Crippen LogP contribution in [-0.4, -0.2) is 53.7 Å². The maximum atomic E-state index is 13.6. The molecule has 6 nitrogen and oxygen atoms in total. The van der Waals surface area contributed by atoms with Crippen molar-refractivity contribution in [1.29, 1.82) is 0 Å². The van der Waals surface area contributed by atoms with Crippen molar-refractivity contribution in [3.05, 3.63) is 83.4 Å². The molecule has 0 aromatic heterocycles. The van der Waals surface area contributed by atoms with Crippen molar-refractivity contribution in [3.8, 4) is 5.75 Å². The van der Waals surface area contributed by atoms with Gasteiger partial charge >= 0.3 is 0 Å². The van der Waals surface area contributed by atoms with Crippen LogP contribution in [0.15, 0.2) is 77.7 Å². The lowest BCUT2D eigenvalue weighted by Crippen LogP contribution is -2.37. The van der Waals surface area contributed by atoms with Gasteiger partial charge in [-0.1, -0.05) is 41.4 Å². The second kappa shape index (κ2) is 12.9. The number of nitrogens with one attached hydrogen (secondary N) is 1. The maximum Gasteiger partial charge on any atom is 0.264 e. The van der Waals surface area contributed by atoms with Crippen molar-refractivity contribution >= 4 is 45.4 Å². The van der Waals surface area contributed by atoms with Gasteiger partial charge in [-0.2, -0.15) is 0 Å². The molecule has 0 saturated heterocycles. The summed E-state index contributed by atoms with van der Waals surface area (Å²) in [6.45, 7) is 3.86. The summed E-state index contributed by atoms with van der Waals surface area (Å²) in [7, 11) is 0.0427. The summed E-state index contributed by atoms with van der Waals surface area (Å²) in [5, 5.41) is 3.82. The second-order valence-electron chi connectivity index (χ2n) is 7.94. The van der Waals surface area contributed by atoms with Gasteiger partial charge in [-0.25, -0.2) is 8.42 Å². The molecule has 184 valence electrons. The minimum atomic E-state index is -3.79. The lowest BCUT2D eigenvalue weighted by molar-refractivity contribution is 0.333. The van der Waals surface area contributed by atoms with E-state index in [1.165, 1.54) is 22.0 Å². The molecule has 0 radical (unpaired) electrons. The third-order valence-corrected chi connectivity index (χ3v) is 7.11. The molecule has 1 N–H and O–H groups in total. The molecular weight excluding hydrogens is 493 g/mol. The van der Waals surface area contributed by atoms with E-state index < -0.39 is 10.0 Å². The summed E-state index contributed by atoms with van der Waals surface area (Å²) >= 11 is 5.97. The third-order valence-electron chi connectivity index (χ3n) is 5.03. The number of aryl methyl sites for hydroxylation is 1. The van der Waals surface area contributed by atoms with Crippen molar-refractivity contribution in [2.75, 3.05) is 50.0 Å². The summed E-state index contributed by atoms with van der Waals surface area (Å²) in [4.78, 5) is 2.15. The Balaban J connectivity index is 0.00000408. The molecule has 3 aromatic rings. The number of ether oxygens (including phenoxy) is 1. The molecule has 0 aliphatic rings. The summed E-state index contributed by atoms with van der Waals surface area (Å²) in [5.41, 5.74) is 2.49. The third kappa shape index (κ3) is 7.53. The molecule has 9 heteroatoms. The fraction of sp³-hybridized carbons (Fsp3) is 0.280. The van der Waals surface area contributed by atoms with E-state index in [-0.39, 0.29) is 17.3 Å². The van der Waals surface area contributed by atoms with Crippen molar-refractivity contribution in [2.45, 2.75) is 11.8 Å². The van der Waals surface area contributed by atoms with E-state index in [2.05, 4.69) is 5.32 Å². The number of hydrogen-bond donors (Lipinski definition) is 1. The predicted octanol–water partition coefficient (Wildman–Crippen LogP) is 5.32. The van der Waals surface area contributed by atoms with Gasteiger partial charge in [0.25, 0.3) is 10.0 Å². The van der Waals surface area contributed by atoms with E-state index in [0.29, 0.717) is 37.0 Å². The smallest absolute Gasteiger partial charge is 0.264 e. The molecule has 34 heavy (non-hydrogen) atoms. The zero-order chi connectivity index (χ0) is 23.8. The highest BCUT2D eigenvalue weighted by molar-refractivity contribution is 7.92. The first-order valence-corrected chi connectivity index (χ1v) is 12.5. The van der Waals surface area contributed by atoms with Crippen molar-refractivity contribution < 1.29 is 13.2 Å². The van der Waals surface area contributed by atoms with Crippen LogP contribution in [0.3, 0.4) is 0 Å². The van der Waals surface area contributed by atoms with E-state index in [0.717, 1.165) is 11.4 Å². The van der Waals surface area contributed by atoms with Crippen LogP contribution in [0.2, 0.25) is 5.02 Å². The van der Waals surface area contributed by atoms with Crippen molar-refractivity contribution in [2.24, 2.45) is 0 Å². The molecule has 3 rings (SSSR count). The van der Waals surface area contributed by atoms with E-state index in [1.807, 2.05) is 74.4 Å². The Kier molecular flexibility index (Phi) is 10.5. The van der Waals surface area contributed by atoms with Gasteiger partial charge in [-0.3, -0.25) is 4.31 Å². The van der Waals surface area contributed by atoms with Crippen LogP contribution in [0.4, 0.5) is 11.4 Å². The predicted molar refractivity (Wildman–Crippen MR) is 143 cm³/mol. The molecule has 0 spiro atoms. The molecule has 0 aliphatic carbocycles. The number of anilines is 2. The lowest BCUT2D eigenvalue weighted by atomic mass is 10.2. The number of sulfonamides is 1. The zero-order valence-corrected chi connectivity index (χ0v) is 22.0. The van der Waals surface area contributed by atoms with Crippen LogP contribution >= 0.6 is 24.0 Å². The molecule has 0 aliphatic heterocycles. The number of likely N-dealkylation sites (N-methyl/N-ethyl adjacent to an activating group) is 1. The summed E-state index contributed by atoms with van der Waals surface area (Å²) < 4.78 is 34.4. The van der Waals surface area contributed by atoms with Crippen LogP contribution in [0.25, 0.3) is 0 Å². The molecule has 0 heterocycles. The highest BCUT2D eigenvalue weighted by Gasteiger charge is 2.26. The monoisotopic (exact) mass is 523 g/mol. The number of hydrogen-bond acceptors (Lipinski definition) is 5. The van der Waals surface area contributed by atoms with Gasteiger partial charge in [-0.15, -0.1) is 12.4 Å². The first-order valence-electron chi connectivity index (χ1n) is 10.7. The van der Waals surface area contributed by atoms with Crippen LogP contribution in [-0.2, 0) is 10.0 Å². The Hall–Kier alpha value is -2.45. The quantitative estimate of drug-likeness (QED) is 0.344. The number of rotatable bonds is 11. The van der Waals surface area contributed by atoms with Crippen molar-refractivity contribution in [1.82, 2.24) is 4.90 Å².